The molecule has 3 rings (SSSR count). The number of anilines is 1. The maximum absolute atomic E-state index is 4.41. The molecule has 4 heteroatoms. The molecule has 0 aromatic carbocycles. The largest absolute Gasteiger partial charge is 0.277 e. The zero-order chi connectivity index (χ0) is 12.5. The van der Waals surface area contributed by atoms with Gasteiger partial charge in [0, 0.05) is 22.6 Å². The zero-order valence-corrected chi connectivity index (χ0v) is 10.9. The summed E-state index contributed by atoms with van der Waals surface area (Å²) in [6.45, 7) is 4.18. The van der Waals surface area contributed by atoms with Crippen molar-refractivity contribution in [1.29, 1.82) is 0 Å². The van der Waals surface area contributed by atoms with Gasteiger partial charge in [0.25, 0.3) is 0 Å². The van der Waals surface area contributed by atoms with Gasteiger partial charge in [-0.1, -0.05) is 0 Å². The van der Waals surface area contributed by atoms with Crippen LogP contribution in [-0.4, -0.2) is 14.6 Å². The van der Waals surface area contributed by atoms with E-state index < -0.39 is 0 Å². The Morgan fingerprint density at radius 1 is 1.06 bits per heavy atom. The second-order valence-corrected chi connectivity index (χ2v) is 4.92. The minimum Gasteiger partial charge on any atom is -0.277 e. The third-order valence-electron chi connectivity index (χ3n) is 3.61. The molecule has 0 aliphatic heterocycles. The molecule has 1 aliphatic rings. The lowest BCUT2D eigenvalue weighted by molar-refractivity contribution is 0.661. The predicted molar refractivity (Wildman–Crippen MR) is 71.6 cm³/mol. The van der Waals surface area contributed by atoms with E-state index >= 15 is 0 Å². The minimum absolute atomic E-state index is 0.960. The monoisotopic (exact) mass is 242 g/mol. The Morgan fingerprint density at radius 3 is 2.56 bits per heavy atom. The van der Waals surface area contributed by atoms with Crippen LogP contribution in [0.2, 0.25) is 0 Å². The summed E-state index contributed by atoms with van der Waals surface area (Å²) in [4.78, 5) is 8.80. The number of aryl methyl sites for hydroxylation is 3. The molecule has 4 nitrogen and oxygen atoms in total. The number of hydrogen-bond acceptors (Lipinski definition) is 3. The first-order valence-corrected chi connectivity index (χ1v) is 6.50. The summed E-state index contributed by atoms with van der Waals surface area (Å²) in [5, 5.41) is 0. The average Bonchev–Trinajstić information content (AvgIpc) is 2.71. The fraction of sp³-hybridized carbons (Fsp3) is 0.429. The van der Waals surface area contributed by atoms with E-state index in [1.165, 1.54) is 35.5 Å². The molecular formula is C14H18N4. The topological polar surface area (TPSA) is 42.7 Å². The van der Waals surface area contributed by atoms with Crippen LogP contribution in [-0.2, 0) is 12.8 Å². The van der Waals surface area contributed by atoms with E-state index in [1.54, 1.807) is 6.33 Å². The van der Waals surface area contributed by atoms with Crippen molar-refractivity contribution in [3.05, 3.63) is 41.1 Å². The Labute approximate surface area is 107 Å². The predicted octanol–water partition coefficient (Wildman–Crippen LogP) is 2.65. The Bertz CT molecular complexity index is 552. The normalized spacial score (nSPS) is 14.3. The summed E-state index contributed by atoms with van der Waals surface area (Å²) in [7, 11) is 0. The van der Waals surface area contributed by atoms with Gasteiger partial charge in [0.1, 0.15) is 6.33 Å². The van der Waals surface area contributed by atoms with E-state index in [0.717, 1.165) is 18.7 Å². The highest BCUT2D eigenvalue weighted by atomic mass is 15.4. The first-order chi connectivity index (χ1) is 8.75. The first-order valence-electron chi connectivity index (χ1n) is 6.50. The molecule has 1 aliphatic carbocycles. The maximum atomic E-state index is 4.41. The summed E-state index contributed by atoms with van der Waals surface area (Å²) < 4.78 is 2.08. The molecule has 0 saturated heterocycles. The molecule has 94 valence electrons. The fourth-order valence-electron chi connectivity index (χ4n) is 2.57. The van der Waals surface area contributed by atoms with Crippen molar-refractivity contribution in [1.82, 2.24) is 14.6 Å². The van der Waals surface area contributed by atoms with Crippen LogP contribution in [0, 0.1) is 13.8 Å². The molecule has 0 fully saturated rings. The van der Waals surface area contributed by atoms with Crippen LogP contribution in [0.25, 0.3) is 0 Å². The van der Waals surface area contributed by atoms with Crippen molar-refractivity contribution in [2.24, 2.45) is 0 Å². The fourth-order valence-corrected chi connectivity index (χ4v) is 2.57. The van der Waals surface area contributed by atoms with Crippen molar-refractivity contribution >= 4 is 5.82 Å². The second kappa shape index (κ2) is 4.44. The van der Waals surface area contributed by atoms with Crippen molar-refractivity contribution in [2.75, 3.05) is 5.43 Å². The smallest absolute Gasteiger partial charge is 0.151 e. The highest BCUT2D eigenvalue weighted by Gasteiger charge is 2.16. The lowest BCUT2D eigenvalue weighted by atomic mass is 9.97. The molecule has 0 unspecified atom stereocenters. The lowest BCUT2D eigenvalue weighted by Gasteiger charge is -2.19. The molecular weight excluding hydrogens is 224 g/mol. The van der Waals surface area contributed by atoms with E-state index in [-0.39, 0.29) is 0 Å². The summed E-state index contributed by atoms with van der Waals surface area (Å²) in [5.41, 5.74) is 8.29. The molecule has 2 aromatic heterocycles. The van der Waals surface area contributed by atoms with E-state index in [1.807, 2.05) is 0 Å². The van der Waals surface area contributed by atoms with Gasteiger partial charge < -0.3 is 0 Å². The van der Waals surface area contributed by atoms with Crippen LogP contribution in [0.1, 0.15) is 35.5 Å². The van der Waals surface area contributed by atoms with Gasteiger partial charge in [0.2, 0.25) is 0 Å². The summed E-state index contributed by atoms with van der Waals surface area (Å²) in [6.07, 6.45) is 6.30. The molecule has 2 aromatic rings. The van der Waals surface area contributed by atoms with Crippen LogP contribution in [0.5, 0.6) is 0 Å². The van der Waals surface area contributed by atoms with Crippen molar-refractivity contribution in [3.63, 3.8) is 0 Å². The molecule has 0 saturated carbocycles. The van der Waals surface area contributed by atoms with Crippen LogP contribution >= 0.6 is 0 Å². The highest BCUT2D eigenvalue weighted by molar-refractivity contribution is 5.47. The van der Waals surface area contributed by atoms with Gasteiger partial charge in [0.05, 0.1) is 0 Å². The Kier molecular flexibility index (Phi) is 2.78. The molecule has 0 amide bonds. The third kappa shape index (κ3) is 1.88. The minimum atomic E-state index is 0.960. The van der Waals surface area contributed by atoms with E-state index in [9.17, 15) is 0 Å². The molecule has 2 heterocycles. The third-order valence-corrected chi connectivity index (χ3v) is 3.61. The van der Waals surface area contributed by atoms with Crippen LogP contribution < -0.4 is 5.43 Å². The molecule has 0 spiro atoms. The average molecular weight is 242 g/mol. The number of nitrogens with zero attached hydrogens (tertiary/aromatic N) is 3. The molecule has 0 bridgehead atoms. The van der Waals surface area contributed by atoms with Gasteiger partial charge in [0.15, 0.2) is 5.82 Å². The van der Waals surface area contributed by atoms with Gasteiger partial charge in [-0.15, -0.1) is 0 Å². The Hall–Kier alpha value is -1.84. The van der Waals surface area contributed by atoms with Crippen molar-refractivity contribution < 1.29 is 0 Å². The number of fused-ring (bicyclic) bond motifs is 1. The Balaban J connectivity index is 1.98. The van der Waals surface area contributed by atoms with Gasteiger partial charge in [-0.05, 0) is 51.7 Å². The number of nitrogens with one attached hydrogen (secondary N) is 1. The zero-order valence-electron chi connectivity index (χ0n) is 10.9. The van der Waals surface area contributed by atoms with Crippen molar-refractivity contribution in [2.45, 2.75) is 39.5 Å². The van der Waals surface area contributed by atoms with Gasteiger partial charge >= 0.3 is 0 Å². The quantitative estimate of drug-likeness (QED) is 0.880. The molecule has 1 N–H and O–H groups in total. The SMILES string of the molecule is Cc1ccc(C)n1Nc1ncnc2c1CCCC2. The van der Waals surface area contributed by atoms with Gasteiger partial charge in [-0.25, -0.2) is 9.97 Å². The lowest BCUT2D eigenvalue weighted by Crippen LogP contribution is -2.17. The number of hydrogen-bond donors (Lipinski definition) is 1. The number of rotatable bonds is 2. The Morgan fingerprint density at radius 2 is 1.78 bits per heavy atom. The summed E-state index contributed by atoms with van der Waals surface area (Å²) in [6, 6.07) is 4.21. The summed E-state index contributed by atoms with van der Waals surface area (Å²) >= 11 is 0. The molecule has 0 radical (unpaired) electrons. The number of aromatic nitrogens is 3. The molecule has 0 atom stereocenters. The van der Waals surface area contributed by atoms with E-state index in [4.69, 9.17) is 0 Å². The van der Waals surface area contributed by atoms with E-state index in [0.29, 0.717) is 0 Å². The first kappa shape index (κ1) is 11.3. The summed E-state index contributed by atoms with van der Waals surface area (Å²) in [5.74, 6) is 0.960. The van der Waals surface area contributed by atoms with Crippen LogP contribution in [0.15, 0.2) is 18.5 Å². The second-order valence-electron chi connectivity index (χ2n) is 4.92. The maximum Gasteiger partial charge on any atom is 0.151 e. The van der Waals surface area contributed by atoms with Crippen LogP contribution in [0.3, 0.4) is 0 Å². The van der Waals surface area contributed by atoms with E-state index in [2.05, 4.69) is 46.1 Å². The van der Waals surface area contributed by atoms with Crippen molar-refractivity contribution in [3.8, 4) is 0 Å². The van der Waals surface area contributed by atoms with Crippen LogP contribution in [0.4, 0.5) is 5.82 Å². The van der Waals surface area contributed by atoms with Gasteiger partial charge in [-0.2, -0.15) is 0 Å². The van der Waals surface area contributed by atoms with Gasteiger partial charge in [-0.3, -0.25) is 10.1 Å². The highest BCUT2D eigenvalue weighted by Crippen LogP contribution is 2.24. The molecule has 18 heavy (non-hydrogen) atoms. The standard InChI is InChI=1S/C14H18N4/c1-10-7-8-11(2)18(10)17-14-12-5-3-4-6-13(12)15-9-16-14/h7-9H,3-6H2,1-2H3,(H,15,16,17).